The molecule has 1 heterocycles. The first-order valence-electron chi connectivity index (χ1n) is 6.65. The molecule has 1 aromatic carbocycles. The maximum Gasteiger partial charge on any atom is 0.221 e. The fourth-order valence-corrected chi connectivity index (χ4v) is 1.72. The van der Waals surface area contributed by atoms with Gasteiger partial charge in [0, 0.05) is 12.6 Å². The number of pyridine rings is 1. The summed E-state index contributed by atoms with van der Waals surface area (Å²) in [6.07, 6.45) is 1.07. The van der Waals surface area contributed by atoms with Crippen LogP contribution in [0.4, 0.5) is 5.82 Å². The van der Waals surface area contributed by atoms with E-state index in [1.165, 1.54) is 11.1 Å². The third kappa shape index (κ3) is 3.71. The SMILES string of the molecule is CCCNc1cccc(Oc2ccc(C)c(C)c2)n1. The molecule has 1 aromatic heterocycles. The van der Waals surface area contributed by atoms with Gasteiger partial charge in [-0.3, -0.25) is 0 Å². The van der Waals surface area contributed by atoms with Crippen LogP contribution in [0.25, 0.3) is 0 Å². The number of nitrogens with zero attached hydrogens (tertiary/aromatic N) is 1. The van der Waals surface area contributed by atoms with E-state index in [-0.39, 0.29) is 0 Å². The first-order valence-corrected chi connectivity index (χ1v) is 6.65. The van der Waals surface area contributed by atoms with E-state index in [4.69, 9.17) is 4.74 Å². The highest BCUT2D eigenvalue weighted by Gasteiger charge is 2.02. The molecule has 100 valence electrons. The second-order valence-electron chi connectivity index (χ2n) is 4.64. The summed E-state index contributed by atoms with van der Waals surface area (Å²) in [6, 6.07) is 11.8. The summed E-state index contributed by atoms with van der Waals surface area (Å²) in [5.74, 6) is 2.29. The van der Waals surface area contributed by atoms with Crippen molar-refractivity contribution in [3.05, 3.63) is 47.5 Å². The van der Waals surface area contributed by atoms with Crippen LogP contribution in [0.5, 0.6) is 11.6 Å². The molecule has 3 heteroatoms. The van der Waals surface area contributed by atoms with Crippen LogP contribution in [0.15, 0.2) is 36.4 Å². The Bertz CT molecular complexity index is 552. The molecule has 1 N–H and O–H groups in total. The maximum atomic E-state index is 5.78. The van der Waals surface area contributed by atoms with Gasteiger partial charge in [-0.05, 0) is 49.6 Å². The Morgan fingerprint density at radius 2 is 1.95 bits per heavy atom. The van der Waals surface area contributed by atoms with Gasteiger partial charge in [0.05, 0.1) is 0 Å². The minimum absolute atomic E-state index is 0.615. The van der Waals surface area contributed by atoms with Crippen molar-refractivity contribution < 1.29 is 4.74 Å². The summed E-state index contributed by atoms with van der Waals surface area (Å²) in [7, 11) is 0. The Hall–Kier alpha value is -2.03. The van der Waals surface area contributed by atoms with Gasteiger partial charge in [-0.25, -0.2) is 0 Å². The summed E-state index contributed by atoms with van der Waals surface area (Å²) in [5.41, 5.74) is 2.48. The van der Waals surface area contributed by atoms with Gasteiger partial charge in [-0.1, -0.05) is 19.1 Å². The lowest BCUT2D eigenvalue weighted by Crippen LogP contribution is -2.02. The van der Waals surface area contributed by atoms with Crippen LogP contribution in [0, 0.1) is 13.8 Å². The molecule has 3 nitrogen and oxygen atoms in total. The van der Waals surface area contributed by atoms with E-state index in [9.17, 15) is 0 Å². The topological polar surface area (TPSA) is 34.1 Å². The smallest absolute Gasteiger partial charge is 0.221 e. The zero-order valence-electron chi connectivity index (χ0n) is 11.7. The average molecular weight is 256 g/mol. The maximum absolute atomic E-state index is 5.78. The van der Waals surface area contributed by atoms with Crippen LogP contribution >= 0.6 is 0 Å². The van der Waals surface area contributed by atoms with Crippen LogP contribution in [-0.2, 0) is 0 Å². The summed E-state index contributed by atoms with van der Waals surface area (Å²) in [4.78, 5) is 4.42. The first kappa shape index (κ1) is 13.4. The Morgan fingerprint density at radius 3 is 2.68 bits per heavy atom. The van der Waals surface area contributed by atoms with Crippen molar-refractivity contribution in [2.75, 3.05) is 11.9 Å². The molecule has 0 fully saturated rings. The van der Waals surface area contributed by atoms with Crippen LogP contribution in [0.1, 0.15) is 24.5 Å². The van der Waals surface area contributed by atoms with Gasteiger partial charge in [0.25, 0.3) is 0 Å². The van der Waals surface area contributed by atoms with Crippen molar-refractivity contribution in [1.82, 2.24) is 4.98 Å². The van der Waals surface area contributed by atoms with Gasteiger partial charge in [-0.2, -0.15) is 4.98 Å². The molecule has 0 aliphatic rings. The fraction of sp³-hybridized carbons (Fsp3) is 0.312. The number of hydrogen-bond acceptors (Lipinski definition) is 3. The Morgan fingerprint density at radius 1 is 1.11 bits per heavy atom. The summed E-state index contributed by atoms with van der Waals surface area (Å²) in [6.45, 7) is 7.21. The molecule has 0 unspecified atom stereocenters. The predicted molar refractivity (Wildman–Crippen MR) is 79.0 cm³/mol. The molecule has 0 saturated heterocycles. The van der Waals surface area contributed by atoms with E-state index in [1.54, 1.807) is 0 Å². The van der Waals surface area contributed by atoms with Crippen molar-refractivity contribution in [2.45, 2.75) is 27.2 Å². The van der Waals surface area contributed by atoms with Crippen LogP contribution in [0.3, 0.4) is 0 Å². The highest BCUT2D eigenvalue weighted by Crippen LogP contribution is 2.23. The van der Waals surface area contributed by atoms with Gasteiger partial charge in [-0.15, -0.1) is 0 Å². The van der Waals surface area contributed by atoms with Gasteiger partial charge in [0.1, 0.15) is 11.6 Å². The summed E-state index contributed by atoms with van der Waals surface area (Å²) < 4.78 is 5.78. The van der Waals surface area contributed by atoms with E-state index in [0.29, 0.717) is 5.88 Å². The molecule has 0 bridgehead atoms. The number of nitrogens with one attached hydrogen (secondary N) is 1. The van der Waals surface area contributed by atoms with Gasteiger partial charge in [0.2, 0.25) is 5.88 Å². The molecule has 19 heavy (non-hydrogen) atoms. The molecule has 0 saturated carbocycles. The molecular weight excluding hydrogens is 236 g/mol. The van der Waals surface area contributed by atoms with Crippen molar-refractivity contribution in [3.8, 4) is 11.6 Å². The Labute approximate surface area is 114 Å². The lowest BCUT2D eigenvalue weighted by molar-refractivity contribution is 0.463. The minimum atomic E-state index is 0.615. The first-order chi connectivity index (χ1) is 9.19. The van der Waals surface area contributed by atoms with E-state index in [1.807, 2.05) is 30.3 Å². The molecule has 0 amide bonds. The van der Waals surface area contributed by atoms with Crippen molar-refractivity contribution >= 4 is 5.82 Å². The van der Waals surface area contributed by atoms with Gasteiger partial charge >= 0.3 is 0 Å². The second-order valence-corrected chi connectivity index (χ2v) is 4.64. The normalized spacial score (nSPS) is 10.3. The van der Waals surface area contributed by atoms with Crippen LogP contribution in [0.2, 0.25) is 0 Å². The fourth-order valence-electron chi connectivity index (χ4n) is 1.72. The van der Waals surface area contributed by atoms with E-state index in [2.05, 4.69) is 37.1 Å². The minimum Gasteiger partial charge on any atom is -0.439 e. The number of ether oxygens (including phenoxy) is 1. The summed E-state index contributed by atoms with van der Waals surface area (Å²) >= 11 is 0. The largest absolute Gasteiger partial charge is 0.439 e. The second kappa shape index (κ2) is 6.23. The highest BCUT2D eigenvalue weighted by molar-refractivity contribution is 5.40. The lowest BCUT2D eigenvalue weighted by Gasteiger charge is -2.09. The molecule has 0 aliphatic carbocycles. The van der Waals surface area contributed by atoms with Crippen molar-refractivity contribution in [1.29, 1.82) is 0 Å². The number of benzene rings is 1. The van der Waals surface area contributed by atoms with Gasteiger partial charge < -0.3 is 10.1 Å². The third-order valence-corrected chi connectivity index (χ3v) is 2.98. The average Bonchev–Trinajstić information content (AvgIpc) is 2.41. The van der Waals surface area contributed by atoms with Crippen molar-refractivity contribution in [3.63, 3.8) is 0 Å². The molecule has 0 aliphatic heterocycles. The van der Waals surface area contributed by atoms with Crippen molar-refractivity contribution in [2.24, 2.45) is 0 Å². The zero-order valence-corrected chi connectivity index (χ0v) is 11.7. The number of rotatable bonds is 5. The molecule has 2 rings (SSSR count). The lowest BCUT2D eigenvalue weighted by atomic mass is 10.1. The third-order valence-electron chi connectivity index (χ3n) is 2.98. The Balaban J connectivity index is 2.11. The van der Waals surface area contributed by atoms with E-state index in [0.717, 1.165) is 24.5 Å². The monoisotopic (exact) mass is 256 g/mol. The van der Waals surface area contributed by atoms with E-state index < -0.39 is 0 Å². The van der Waals surface area contributed by atoms with Crippen LogP contribution in [-0.4, -0.2) is 11.5 Å². The molecule has 2 aromatic rings. The van der Waals surface area contributed by atoms with Crippen LogP contribution < -0.4 is 10.1 Å². The number of hydrogen-bond donors (Lipinski definition) is 1. The van der Waals surface area contributed by atoms with E-state index >= 15 is 0 Å². The quantitative estimate of drug-likeness (QED) is 0.865. The standard InChI is InChI=1S/C16H20N2O/c1-4-10-17-15-6-5-7-16(18-15)19-14-9-8-12(2)13(3)11-14/h5-9,11H,4,10H2,1-3H3,(H,17,18). The molecular formula is C16H20N2O. The number of anilines is 1. The van der Waals surface area contributed by atoms with Gasteiger partial charge in [0.15, 0.2) is 0 Å². The molecule has 0 atom stereocenters. The predicted octanol–water partition coefficient (Wildman–Crippen LogP) is 4.31. The number of aryl methyl sites for hydroxylation is 2. The Kier molecular flexibility index (Phi) is 4.39. The highest BCUT2D eigenvalue weighted by atomic mass is 16.5. The number of aromatic nitrogens is 1. The zero-order chi connectivity index (χ0) is 13.7. The molecule has 0 spiro atoms. The summed E-state index contributed by atoms with van der Waals surface area (Å²) in [5, 5.41) is 3.25. The molecule has 0 radical (unpaired) electrons.